The summed E-state index contributed by atoms with van der Waals surface area (Å²) in [5, 5.41) is 4.33. The maximum absolute atomic E-state index is 13.4. The first-order valence-corrected chi connectivity index (χ1v) is 11.5. The van der Waals surface area contributed by atoms with E-state index < -0.39 is 6.17 Å². The molecule has 0 spiro atoms. The number of aromatic amines is 1. The molecule has 0 amide bonds. The number of anilines is 2. The number of aromatic nitrogens is 5. The van der Waals surface area contributed by atoms with Gasteiger partial charge in [-0.2, -0.15) is 4.37 Å². The quantitative estimate of drug-likeness (QED) is 0.454. The normalized spacial score (nSPS) is 15.7. The van der Waals surface area contributed by atoms with Crippen molar-refractivity contribution in [2.75, 3.05) is 18.4 Å². The number of hydrogen-bond acceptors (Lipinski definition) is 6. The van der Waals surface area contributed by atoms with E-state index in [1.165, 1.54) is 17.2 Å². The Morgan fingerprint density at radius 3 is 2.90 bits per heavy atom. The molecule has 0 unspecified atom stereocenters. The summed E-state index contributed by atoms with van der Waals surface area (Å²) >= 11 is 1.41. The fourth-order valence-corrected chi connectivity index (χ4v) is 4.71. The minimum atomic E-state index is -0.655. The van der Waals surface area contributed by atoms with Gasteiger partial charge in [-0.05, 0) is 49.9 Å². The van der Waals surface area contributed by atoms with Crippen LogP contribution in [0.25, 0.3) is 16.9 Å². The number of imidazole rings is 1. The van der Waals surface area contributed by atoms with Crippen LogP contribution in [0.4, 0.5) is 15.2 Å². The smallest absolute Gasteiger partial charge is 0.180 e. The minimum absolute atomic E-state index is 0.615. The highest BCUT2D eigenvalue weighted by atomic mass is 32.1. The van der Waals surface area contributed by atoms with Crippen molar-refractivity contribution in [2.24, 2.45) is 0 Å². The van der Waals surface area contributed by atoms with Crippen molar-refractivity contribution in [1.29, 1.82) is 0 Å². The lowest BCUT2D eigenvalue weighted by atomic mass is 10.1. The van der Waals surface area contributed by atoms with Crippen molar-refractivity contribution in [3.05, 3.63) is 47.8 Å². The Hall–Kier alpha value is -2.78. The van der Waals surface area contributed by atoms with Crippen molar-refractivity contribution in [3.8, 4) is 11.3 Å². The van der Waals surface area contributed by atoms with E-state index in [4.69, 9.17) is 0 Å². The van der Waals surface area contributed by atoms with Gasteiger partial charge >= 0.3 is 0 Å². The lowest BCUT2D eigenvalue weighted by Gasteiger charge is -2.27. The second-order valence-corrected chi connectivity index (χ2v) is 8.90. The number of aryl methyl sites for hydroxylation is 2. The topological polar surface area (TPSA) is 74.1 Å². The van der Waals surface area contributed by atoms with Crippen LogP contribution in [0.5, 0.6) is 0 Å². The van der Waals surface area contributed by atoms with Crippen molar-refractivity contribution in [3.63, 3.8) is 0 Å². The summed E-state index contributed by atoms with van der Waals surface area (Å²) in [5.74, 6) is 0.714. The van der Waals surface area contributed by atoms with Crippen LogP contribution in [0.2, 0.25) is 0 Å². The predicted molar refractivity (Wildman–Crippen MR) is 122 cm³/mol. The summed E-state index contributed by atoms with van der Waals surface area (Å²) in [6, 6.07) is 4.21. The van der Waals surface area contributed by atoms with Crippen molar-refractivity contribution < 1.29 is 4.39 Å². The molecule has 0 radical (unpaired) electrons. The third-order valence-electron chi connectivity index (χ3n) is 5.74. The number of nitrogens with one attached hydrogen (secondary N) is 2. The molecule has 0 saturated carbocycles. The Kier molecular flexibility index (Phi) is 5.45. The number of H-pyrrole nitrogens is 1. The summed E-state index contributed by atoms with van der Waals surface area (Å²) in [4.78, 5) is 14.9. The van der Waals surface area contributed by atoms with Gasteiger partial charge in [0.1, 0.15) is 11.2 Å². The van der Waals surface area contributed by atoms with E-state index in [2.05, 4.69) is 53.0 Å². The molecule has 5 heterocycles. The molecule has 9 heteroatoms. The average molecular weight is 440 g/mol. The van der Waals surface area contributed by atoms with Gasteiger partial charge in [-0.15, -0.1) is 0 Å². The fraction of sp³-hybridized carbons (Fsp3) is 0.409. The van der Waals surface area contributed by atoms with Crippen LogP contribution in [-0.4, -0.2) is 47.9 Å². The van der Waals surface area contributed by atoms with E-state index in [0.29, 0.717) is 18.7 Å². The highest BCUT2D eigenvalue weighted by Gasteiger charge is 2.19. The first-order chi connectivity index (χ1) is 15.1. The van der Waals surface area contributed by atoms with Crippen LogP contribution < -0.4 is 5.32 Å². The maximum atomic E-state index is 13.4. The first-order valence-electron chi connectivity index (χ1n) is 10.7. The van der Waals surface area contributed by atoms with Crippen LogP contribution in [0.3, 0.4) is 0 Å². The second-order valence-electron chi connectivity index (χ2n) is 8.09. The maximum Gasteiger partial charge on any atom is 0.180 e. The number of piperidine rings is 1. The monoisotopic (exact) mass is 439 g/mol. The van der Waals surface area contributed by atoms with Crippen molar-refractivity contribution in [1.82, 2.24) is 28.6 Å². The molecule has 4 aromatic rings. The molecule has 1 aliphatic rings. The van der Waals surface area contributed by atoms with E-state index in [1.807, 2.05) is 25.5 Å². The Morgan fingerprint density at radius 2 is 2.13 bits per heavy atom. The minimum Gasteiger partial charge on any atom is -0.364 e. The summed E-state index contributed by atoms with van der Waals surface area (Å²) in [6.07, 6.45) is 7.45. The number of rotatable bonds is 6. The molecule has 1 aliphatic heterocycles. The van der Waals surface area contributed by atoms with Gasteiger partial charge in [0.05, 0.1) is 23.3 Å². The van der Waals surface area contributed by atoms with E-state index in [1.54, 1.807) is 0 Å². The van der Waals surface area contributed by atoms with E-state index in [-0.39, 0.29) is 0 Å². The van der Waals surface area contributed by atoms with Gasteiger partial charge in [-0.1, -0.05) is 6.92 Å². The molecule has 0 bridgehead atoms. The lowest BCUT2D eigenvalue weighted by Crippen LogP contribution is -2.33. The molecule has 4 aromatic heterocycles. The molecule has 1 fully saturated rings. The van der Waals surface area contributed by atoms with Gasteiger partial charge < -0.3 is 10.3 Å². The number of nitrogens with zero attached hydrogens (tertiary/aromatic N) is 5. The van der Waals surface area contributed by atoms with Gasteiger partial charge in [0.25, 0.3) is 0 Å². The molecule has 5 rings (SSSR count). The zero-order chi connectivity index (χ0) is 21.4. The van der Waals surface area contributed by atoms with Crippen molar-refractivity contribution >= 4 is 28.0 Å². The first kappa shape index (κ1) is 20.1. The molecular formula is C22H26FN7S. The number of alkyl halides is 1. The number of fused-ring (bicyclic) bond motifs is 1. The van der Waals surface area contributed by atoms with Crippen LogP contribution in [0, 0.1) is 6.92 Å². The van der Waals surface area contributed by atoms with Crippen LogP contribution in [0.15, 0.2) is 30.7 Å². The Bertz CT molecular complexity index is 1190. The Balaban J connectivity index is 1.38. The number of likely N-dealkylation sites (tertiary alicyclic amines) is 1. The summed E-state index contributed by atoms with van der Waals surface area (Å²) in [5.41, 5.74) is 6.01. The standard InChI is InChI=1S/C22H26FN7S/c1-3-17-8-15(10-24-17)19-11-25-22-21(26-14(2)12-30(19)22)27-20-9-18(28-31-20)13-29-6-4-16(23)5-7-29/h8-12,16,24H,3-7,13H2,1-2H3,(H,26,27). The third kappa shape index (κ3) is 4.20. The highest BCUT2D eigenvalue weighted by Crippen LogP contribution is 2.28. The highest BCUT2D eigenvalue weighted by molar-refractivity contribution is 7.10. The van der Waals surface area contributed by atoms with Gasteiger partial charge in [0.15, 0.2) is 11.5 Å². The second kappa shape index (κ2) is 8.39. The van der Waals surface area contributed by atoms with E-state index in [9.17, 15) is 4.39 Å². The molecule has 2 N–H and O–H groups in total. The predicted octanol–water partition coefficient (Wildman–Crippen LogP) is 4.73. The van der Waals surface area contributed by atoms with Crippen molar-refractivity contribution in [2.45, 2.75) is 45.8 Å². The number of hydrogen-bond donors (Lipinski definition) is 2. The molecule has 31 heavy (non-hydrogen) atoms. The van der Waals surface area contributed by atoms with Crippen LogP contribution in [0.1, 0.15) is 36.8 Å². The molecule has 1 saturated heterocycles. The van der Waals surface area contributed by atoms with Gasteiger partial charge in [-0.25, -0.2) is 14.4 Å². The average Bonchev–Trinajstić information content (AvgIpc) is 3.49. The molecule has 7 nitrogen and oxygen atoms in total. The lowest BCUT2D eigenvalue weighted by molar-refractivity contribution is 0.144. The Morgan fingerprint density at radius 1 is 1.29 bits per heavy atom. The van der Waals surface area contributed by atoms with Crippen LogP contribution >= 0.6 is 11.5 Å². The molecule has 0 aromatic carbocycles. The summed E-state index contributed by atoms with van der Waals surface area (Å²) < 4.78 is 20.0. The SMILES string of the molecule is CCc1cc(-c2cnc3c(Nc4cc(CN5CCC(F)CC5)ns4)nc(C)cn23)c[nH]1. The molecule has 0 atom stereocenters. The van der Waals surface area contributed by atoms with E-state index in [0.717, 1.165) is 59.3 Å². The summed E-state index contributed by atoms with van der Waals surface area (Å²) in [7, 11) is 0. The van der Waals surface area contributed by atoms with E-state index >= 15 is 0 Å². The molecular weight excluding hydrogens is 413 g/mol. The van der Waals surface area contributed by atoms with Gasteiger partial charge in [0.2, 0.25) is 0 Å². The van der Waals surface area contributed by atoms with Crippen LogP contribution in [-0.2, 0) is 13.0 Å². The zero-order valence-corrected chi connectivity index (χ0v) is 18.5. The van der Waals surface area contributed by atoms with Gasteiger partial charge in [0, 0.05) is 43.3 Å². The third-order valence-corrected chi connectivity index (χ3v) is 6.48. The zero-order valence-electron chi connectivity index (χ0n) is 17.7. The van der Waals surface area contributed by atoms with Gasteiger partial charge in [-0.3, -0.25) is 9.30 Å². The summed E-state index contributed by atoms with van der Waals surface area (Å²) in [6.45, 7) is 6.44. The Labute approximate surface area is 184 Å². The molecule has 162 valence electrons. The molecule has 0 aliphatic carbocycles. The fourth-order valence-electron chi connectivity index (χ4n) is 4.05. The number of halogens is 1. The largest absolute Gasteiger partial charge is 0.364 e.